The number of esters is 1. The van der Waals surface area contributed by atoms with Gasteiger partial charge in [0.1, 0.15) is 5.75 Å². The molecule has 0 saturated heterocycles. The summed E-state index contributed by atoms with van der Waals surface area (Å²) in [7, 11) is 0. The maximum atomic E-state index is 12.2. The highest BCUT2D eigenvalue weighted by atomic mass is 16.5. The molecule has 0 heterocycles. The van der Waals surface area contributed by atoms with Crippen LogP contribution in [0.2, 0.25) is 0 Å². The minimum Gasteiger partial charge on any atom is -0.508 e. The van der Waals surface area contributed by atoms with Crippen molar-refractivity contribution >= 4 is 11.8 Å². The predicted molar refractivity (Wildman–Crippen MR) is 65.5 cm³/mol. The van der Waals surface area contributed by atoms with Crippen LogP contribution in [0.15, 0.2) is 18.2 Å². The van der Waals surface area contributed by atoms with Gasteiger partial charge >= 0.3 is 5.97 Å². The zero-order valence-electron chi connectivity index (χ0n) is 10.3. The van der Waals surface area contributed by atoms with Crippen LogP contribution in [0.1, 0.15) is 35.7 Å². The number of ether oxygens (including phenoxy) is 1. The third-order valence-electron chi connectivity index (χ3n) is 3.21. The van der Waals surface area contributed by atoms with Gasteiger partial charge in [-0.1, -0.05) is 0 Å². The molecule has 0 fully saturated rings. The van der Waals surface area contributed by atoms with Gasteiger partial charge in [0.15, 0.2) is 5.78 Å². The van der Waals surface area contributed by atoms with Gasteiger partial charge in [0.25, 0.3) is 0 Å². The zero-order chi connectivity index (χ0) is 13.1. The van der Waals surface area contributed by atoms with Gasteiger partial charge in [-0.15, -0.1) is 0 Å². The molecule has 4 nitrogen and oxygen atoms in total. The van der Waals surface area contributed by atoms with Crippen LogP contribution in [0, 0.1) is 5.92 Å². The van der Waals surface area contributed by atoms with E-state index in [1.165, 1.54) is 6.07 Å². The Labute approximate surface area is 106 Å². The molecule has 0 aromatic heterocycles. The third-order valence-corrected chi connectivity index (χ3v) is 3.21. The summed E-state index contributed by atoms with van der Waals surface area (Å²) in [5.74, 6) is -0.464. The lowest BCUT2D eigenvalue weighted by Crippen LogP contribution is -2.25. The van der Waals surface area contributed by atoms with E-state index in [0.29, 0.717) is 25.0 Å². The van der Waals surface area contributed by atoms with Gasteiger partial charge in [0.05, 0.1) is 13.0 Å². The molecule has 1 aromatic carbocycles. The maximum absolute atomic E-state index is 12.2. The number of rotatable bonds is 3. The van der Waals surface area contributed by atoms with Crippen LogP contribution in [0.3, 0.4) is 0 Å². The number of carbonyl (C=O) groups excluding carboxylic acids is 2. The van der Waals surface area contributed by atoms with Crippen LogP contribution < -0.4 is 0 Å². The molecule has 1 aliphatic rings. The summed E-state index contributed by atoms with van der Waals surface area (Å²) in [6, 6.07) is 4.75. The first-order chi connectivity index (χ1) is 8.61. The Morgan fingerprint density at radius 3 is 3.00 bits per heavy atom. The molecule has 96 valence electrons. The minimum atomic E-state index is -0.321. The molecule has 0 saturated carbocycles. The van der Waals surface area contributed by atoms with E-state index in [4.69, 9.17) is 4.74 Å². The Kier molecular flexibility index (Phi) is 3.65. The molecule has 1 atom stereocenters. The molecule has 0 radical (unpaired) electrons. The molecule has 1 aliphatic carbocycles. The Balaban J connectivity index is 2.13. The Bertz CT molecular complexity index is 479. The van der Waals surface area contributed by atoms with Crippen LogP contribution in [-0.4, -0.2) is 23.5 Å². The lowest BCUT2D eigenvalue weighted by molar-refractivity contribution is -0.144. The Morgan fingerprint density at radius 1 is 1.50 bits per heavy atom. The molecule has 0 bridgehead atoms. The fourth-order valence-corrected chi connectivity index (χ4v) is 2.32. The molecular weight excluding hydrogens is 232 g/mol. The summed E-state index contributed by atoms with van der Waals surface area (Å²) in [6.07, 6.45) is 1.49. The van der Waals surface area contributed by atoms with Gasteiger partial charge in [0.2, 0.25) is 0 Å². The predicted octanol–water partition coefficient (Wildman–Crippen LogP) is 2.09. The van der Waals surface area contributed by atoms with Gasteiger partial charge in [0, 0.05) is 11.5 Å². The van der Waals surface area contributed by atoms with E-state index < -0.39 is 0 Å². The van der Waals surface area contributed by atoms with Crippen molar-refractivity contribution in [1.29, 1.82) is 0 Å². The van der Waals surface area contributed by atoms with E-state index in [2.05, 4.69) is 0 Å². The number of phenolic OH excluding ortho intramolecular Hbond substituents is 1. The third kappa shape index (κ3) is 2.53. The van der Waals surface area contributed by atoms with E-state index in [1.54, 1.807) is 19.1 Å². The van der Waals surface area contributed by atoms with Crippen molar-refractivity contribution < 1.29 is 19.4 Å². The molecule has 4 heteroatoms. The second kappa shape index (κ2) is 5.21. The quantitative estimate of drug-likeness (QED) is 0.832. The summed E-state index contributed by atoms with van der Waals surface area (Å²) in [6.45, 7) is 2.09. The summed E-state index contributed by atoms with van der Waals surface area (Å²) < 4.78 is 4.87. The van der Waals surface area contributed by atoms with Crippen LogP contribution in [0.4, 0.5) is 0 Å². The molecule has 0 aliphatic heterocycles. The van der Waals surface area contributed by atoms with Crippen molar-refractivity contribution in [3.05, 3.63) is 29.3 Å². The van der Waals surface area contributed by atoms with E-state index in [0.717, 1.165) is 5.56 Å². The lowest BCUT2D eigenvalue weighted by atomic mass is 9.81. The number of fused-ring (bicyclic) bond motifs is 1. The first kappa shape index (κ1) is 12.6. The van der Waals surface area contributed by atoms with Crippen LogP contribution in [0.25, 0.3) is 0 Å². The zero-order valence-corrected chi connectivity index (χ0v) is 10.3. The molecule has 2 rings (SSSR count). The summed E-state index contributed by atoms with van der Waals surface area (Å²) in [4.78, 5) is 23.6. The smallest absolute Gasteiger partial charge is 0.306 e. The molecule has 18 heavy (non-hydrogen) atoms. The number of hydrogen-bond donors (Lipinski definition) is 1. The normalized spacial score (nSPS) is 18.3. The van der Waals surface area contributed by atoms with Crippen LogP contribution in [-0.2, 0) is 16.0 Å². The number of phenols is 1. The number of aromatic hydroxyl groups is 1. The molecule has 1 aromatic rings. The number of Topliss-reactive ketones (excluding diaryl/α,β-unsaturated/α-hetero) is 1. The average molecular weight is 248 g/mol. The van der Waals surface area contributed by atoms with Crippen molar-refractivity contribution in [3.63, 3.8) is 0 Å². The molecule has 0 spiro atoms. The SMILES string of the molecule is CCOC(=O)C[C@@H]1CCc2cc(O)ccc2C1=O. The van der Waals surface area contributed by atoms with Gasteiger partial charge < -0.3 is 9.84 Å². The second-order valence-corrected chi connectivity index (χ2v) is 4.45. The van der Waals surface area contributed by atoms with E-state index in [9.17, 15) is 14.7 Å². The van der Waals surface area contributed by atoms with Gasteiger partial charge in [-0.25, -0.2) is 0 Å². The number of hydrogen-bond acceptors (Lipinski definition) is 4. The van der Waals surface area contributed by atoms with Crippen LogP contribution >= 0.6 is 0 Å². The van der Waals surface area contributed by atoms with Crippen molar-refractivity contribution in [1.82, 2.24) is 0 Å². The number of benzene rings is 1. The highest BCUT2D eigenvalue weighted by molar-refractivity contribution is 6.01. The van der Waals surface area contributed by atoms with Crippen molar-refractivity contribution in [2.24, 2.45) is 5.92 Å². The second-order valence-electron chi connectivity index (χ2n) is 4.45. The monoisotopic (exact) mass is 248 g/mol. The molecular formula is C14H16O4. The highest BCUT2D eigenvalue weighted by Gasteiger charge is 2.29. The first-order valence-corrected chi connectivity index (χ1v) is 6.13. The number of aryl methyl sites for hydroxylation is 1. The Hall–Kier alpha value is -1.84. The van der Waals surface area contributed by atoms with Crippen molar-refractivity contribution in [2.75, 3.05) is 6.61 Å². The van der Waals surface area contributed by atoms with E-state index in [1.807, 2.05) is 0 Å². The van der Waals surface area contributed by atoms with E-state index >= 15 is 0 Å². The number of ketones is 1. The summed E-state index contributed by atoms with van der Waals surface area (Å²) in [5.41, 5.74) is 1.48. The van der Waals surface area contributed by atoms with Gasteiger partial charge in [-0.2, -0.15) is 0 Å². The largest absolute Gasteiger partial charge is 0.508 e. The molecule has 1 N–H and O–H groups in total. The highest BCUT2D eigenvalue weighted by Crippen LogP contribution is 2.30. The fourth-order valence-electron chi connectivity index (χ4n) is 2.32. The topological polar surface area (TPSA) is 63.6 Å². The maximum Gasteiger partial charge on any atom is 0.306 e. The molecule has 0 unspecified atom stereocenters. The Morgan fingerprint density at radius 2 is 2.28 bits per heavy atom. The van der Waals surface area contributed by atoms with Crippen LogP contribution in [0.5, 0.6) is 5.75 Å². The van der Waals surface area contributed by atoms with Crippen molar-refractivity contribution in [2.45, 2.75) is 26.2 Å². The standard InChI is InChI=1S/C14H16O4/c1-2-18-13(16)8-10-4-3-9-7-11(15)5-6-12(9)14(10)17/h5-7,10,15H,2-4,8H2,1H3/t10-/m0/s1. The lowest BCUT2D eigenvalue weighted by Gasteiger charge is -2.22. The van der Waals surface area contributed by atoms with E-state index in [-0.39, 0.29) is 29.8 Å². The summed E-state index contributed by atoms with van der Waals surface area (Å²) >= 11 is 0. The minimum absolute atomic E-state index is 0.0238. The van der Waals surface area contributed by atoms with Gasteiger partial charge in [-0.3, -0.25) is 9.59 Å². The first-order valence-electron chi connectivity index (χ1n) is 6.13. The average Bonchev–Trinajstić information content (AvgIpc) is 2.33. The fraction of sp³-hybridized carbons (Fsp3) is 0.429. The molecule has 0 amide bonds. The van der Waals surface area contributed by atoms with Gasteiger partial charge in [-0.05, 0) is 43.5 Å². The number of carbonyl (C=O) groups is 2. The summed E-state index contributed by atoms with van der Waals surface area (Å²) in [5, 5.41) is 9.37. The van der Waals surface area contributed by atoms with Crippen molar-refractivity contribution in [3.8, 4) is 5.75 Å².